The molecule has 0 aliphatic heterocycles. The van der Waals surface area contributed by atoms with Crippen LogP contribution in [0.4, 0.5) is 0 Å². The number of rotatable bonds is 5. The Labute approximate surface area is 71.1 Å². The summed E-state index contributed by atoms with van der Waals surface area (Å²) in [5.41, 5.74) is 9.92. The van der Waals surface area contributed by atoms with Gasteiger partial charge < -0.3 is 16.6 Å². The van der Waals surface area contributed by atoms with Crippen molar-refractivity contribution >= 4 is 17.7 Å². The Kier molecular flexibility index (Phi) is 6.06. The number of nitrogens with two attached hydrogens (primary N) is 2. The van der Waals surface area contributed by atoms with Crippen molar-refractivity contribution in [3.8, 4) is 0 Å². The molecule has 4 nitrogen and oxygen atoms in total. The van der Waals surface area contributed by atoms with Crippen molar-refractivity contribution in [2.24, 2.45) is 16.5 Å². The van der Waals surface area contributed by atoms with Gasteiger partial charge in [-0.05, 0) is 19.1 Å². The standard InChI is InChI=1S/C6H15N3OS/c1-5(10)11-4-2-3-9-6(7)8/h5,10H,2-4H2,1H3,(H4,7,8,9). The van der Waals surface area contributed by atoms with Crippen LogP contribution in [0.3, 0.4) is 0 Å². The molecule has 0 bridgehead atoms. The molecule has 0 saturated heterocycles. The first-order valence-electron chi connectivity index (χ1n) is 3.48. The molecule has 0 aromatic heterocycles. The van der Waals surface area contributed by atoms with E-state index in [9.17, 15) is 0 Å². The lowest BCUT2D eigenvalue weighted by atomic mass is 10.5. The van der Waals surface area contributed by atoms with E-state index in [1.807, 2.05) is 0 Å². The van der Waals surface area contributed by atoms with Crippen LogP contribution in [0.1, 0.15) is 13.3 Å². The molecule has 5 heteroatoms. The lowest BCUT2D eigenvalue weighted by molar-refractivity contribution is 0.284. The molecule has 1 atom stereocenters. The van der Waals surface area contributed by atoms with Crippen LogP contribution in [-0.4, -0.2) is 28.8 Å². The van der Waals surface area contributed by atoms with Gasteiger partial charge in [-0.2, -0.15) is 0 Å². The Morgan fingerprint density at radius 2 is 2.27 bits per heavy atom. The van der Waals surface area contributed by atoms with Gasteiger partial charge in [0, 0.05) is 6.54 Å². The monoisotopic (exact) mass is 177 g/mol. The van der Waals surface area contributed by atoms with Crippen LogP contribution in [0.5, 0.6) is 0 Å². The molecule has 0 rings (SSSR count). The van der Waals surface area contributed by atoms with Crippen LogP contribution in [-0.2, 0) is 0 Å². The van der Waals surface area contributed by atoms with E-state index in [-0.39, 0.29) is 11.4 Å². The number of hydrogen-bond donors (Lipinski definition) is 3. The van der Waals surface area contributed by atoms with Crippen molar-refractivity contribution in [1.82, 2.24) is 0 Å². The lowest BCUT2D eigenvalue weighted by Crippen LogP contribution is -2.23. The lowest BCUT2D eigenvalue weighted by Gasteiger charge is -2.01. The molecular weight excluding hydrogens is 162 g/mol. The van der Waals surface area contributed by atoms with E-state index in [1.165, 1.54) is 11.8 Å². The number of hydrogen-bond acceptors (Lipinski definition) is 3. The summed E-state index contributed by atoms with van der Waals surface area (Å²) in [6.07, 6.45) is 0.896. The van der Waals surface area contributed by atoms with Gasteiger partial charge in [0.15, 0.2) is 5.96 Å². The van der Waals surface area contributed by atoms with Gasteiger partial charge in [-0.25, -0.2) is 0 Å². The van der Waals surface area contributed by atoms with Crippen LogP contribution in [0.15, 0.2) is 4.99 Å². The average Bonchev–Trinajstić information content (AvgIpc) is 1.85. The molecule has 0 aliphatic carbocycles. The number of thioether (sulfide) groups is 1. The fraction of sp³-hybridized carbons (Fsp3) is 0.833. The Hall–Kier alpha value is -0.420. The van der Waals surface area contributed by atoms with Crippen LogP contribution in [0, 0.1) is 0 Å². The SMILES string of the molecule is CC(O)SCCCN=C(N)N. The topological polar surface area (TPSA) is 84.6 Å². The summed E-state index contributed by atoms with van der Waals surface area (Å²) in [4.78, 5) is 3.80. The van der Waals surface area contributed by atoms with E-state index in [4.69, 9.17) is 16.6 Å². The Balaban J connectivity index is 3.09. The molecule has 0 radical (unpaired) electrons. The largest absolute Gasteiger partial charge is 0.383 e. The van der Waals surface area contributed by atoms with Crippen molar-refractivity contribution in [1.29, 1.82) is 0 Å². The highest BCUT2D eigenvalue weighted by atomic mass is 32.2. The minimum absolute atomic E-state index is 0.132. The van der Waals surface area contributed by atoms with E-state index in [0.29, 0.717) is 6.54 Å². The zero-order valence-electron chi connectivity index (χ0n) is 6.66. The average molecular weight is 177 g/mol. The van der Waals surface area contributed by atoms with Crippen molar-refractivity contribution < 1.29 is 5.11 Å². The highest BCUT2D eigenvalue weighted by Crippen LogP contribution is 2.07. The Bertz CT molecular complexity index is 123. The maximum absolute atomic E-state index is 8.84. The first kappa shape index (κ1) is 10.6. The first-order chi connectivity index (χ1) is 5.13. The normalized spacial score (nSPS) is 12.5. The molecule has 5 N–H and O–H groups in total. The molecule has 0 fully saturated rings. The molecular formula is C6H15N3OS. The highest BCUT2D eigenvalue weighted by Gasteiger charge is 1.93. The van der Waals surface area contributed by atoms with Gasteiger partial charge in [-0.15, -0.1) is 11.8 Å². The fourth-order valence-corrected chi connectivity index (χ4v) is 1.16. The van der Waals surface area contributed by atoms with E-state index in [1.54, 1.807) is 6.92 Å². The molecule has 0 aromatic carbocycles. The fourth-order valence-electron chi connectivity index (χ4n) is 0.527. The van der Waals surface area contributed by atoms with Crippen molar-refractivity contribution in [2.75, 3.05) is 12.3 Å². The van der Waals surface area contributed by atoms with Gasteiger partial charge in [0.25, 0.3) is 0 Å². The van der Waals surface area contributed by atoms with Crippen LogP contribution in [0.25, 0.3) is 0 Å². The third-order valence-electron chi connectivity index (χ3n) is 0.956. The number of aliphatic hydroxyl groups is 1. The molecule has 0 heterocycles. The van der Waals surface area contributed by atoms with E-state index >= 15 is 0 Å². The van der Waals surface area contributed by atoms with Gasteiger partial charge in [0.1, 0.15) is 0 Å². The van der Waals surface area contributed by atoms with Gasteiger partial charge in [-0.1, -0.05) is 0 Å². The van der Waals surface area contributed by atoms with E-state index in [2.05, 4.69) is 4.99 Å². The van der Waals surface area contributed by atoms with Crippen LogP contribution in [0.2, 0.25) is 0 Å². The number of aliphatic imine (C=N–C) groups is 1. The third kappa shape index (κ3) is 9.58. The molecule has 0 saturated carbocycles. The number of guanidine groups is 1. The van der Waals surface area contributed by atoms with Gasteiger partial charge in [0.05, 0.1) is 5.44 Å². The summed E-state index contributed by atoms with van der Waals surface area (Å²) in [5, 5.41) is 8.84. The molecule has 0 aliphatic rings. The van der Waals surface area contributed by atoms with Gasteiger partial charge in [-0.3, -0.25) is 4.99 Å². The Morgan fingerprint density at radius 3 is 2.73 bits per heavy atom. The first-order valence-corrected chi connectivity index (χ1v) is 4.53. The molecule has 0 amide bonds. The minimum Gasteiger partial charge on any atom is -0.383 e. The third-order valence-corrected chi connectivity index (χ3v) is 1.96. The summed E-state index contributed by atoms with van der Waals surface area (Å²) in [6.45, 7) is 2.38. The zero-order chi connectivity index (χ0) is 8.69. The summed E-state index contributed by atoms with van der Waals surface area (Å²) in [6, 6.07) is 0. The summed E-state index contributed by atoms with van der Waals surface area (Å²) >= 11 is 1.49. The number of nitrogens with zero attached hydrogens (tertiary/aromatic N) is 1. The highest BCUT2D eigenvalue weighted by molar-refractivity contribution is 7.99. The summed E-state index contributed by atoms with van der Waals surface area (Å²) < 4.78 is 0. The van der Waals surface area contributed by atoms with Crippen LogP contribution >= 0.6 is 11.8 Å². The Morgan fingerprint density at radius 1 is 1.64 bits per heavy atom. The summed E-state index contributed by atoms with van der Waals surface area (Å²) in [5.74, 6) is 1.01. The second kappa shape index (κ2) is 6.30. The summed E-state index contributed by atoms with van der Waals surface area (Å²) in [7, 11) is 0. The van der Waals surface area contributed by atoms with Crippen molar-refractivity contribution in [3.63, 3.8) is 0 Å². The van der Waals surface area contributed by atoms with Gasteiger partial charge >= 0.3 is 0 Å². The van der Waals surface area contributed by atoms with E-state index in [0.717, 1.165) is 12.2 Å². The zero-order valence-corrected chi connectivity index (χ0v) is 7.47. The second-order valence-corrected chi connectivity index (χ2v) is 3.55. The second-order valence-electron chi connectivity index (χ2n) is 2.13. The molecule has 0 aromatic rings. The van der Waals surface area contributed by atoms with E-state index < -0.39 is 0 Å². The number of aliphatic hydroxyl groups excluding tert-OH is 1. The molecule has 0 spiro atoms. The molecule has 66 valence electrons. The molecule has 1 unspecified atom stereocenters. The maximum Gasteiger partial charge on any atom is 0.185 e. The quantitative estimate of drug-likeness (QED) is 0.233. The van der Waals surface area contributed by atoms with Crippen molar-refractivity contribution in [3.05, 3.63) is 0 Å². The predicted molar refractivity (Wildman–Crippen MR) is 49.4 cm³/mol. The molecule has 11 heavy (non-hydrogen) atoms. The predicted octanol–water partition coefficient (Wildman–Crippen LogP) is -0.279. The van der Waals surface area contributed by atoms with Crippen LogP contribution < -0.4 is 11.5 Å². The van der Waals surface area contributed by atoms with Gasteiger partial charge in [0.2, 0.25) is 0 Å². The smallest absolute Gasteiger partial charge is 0.185 e. The minimum atomic E-state index is -0.297. The maximum atomic E-state index is 8.84. The van der Waals surface area contributed by atoms with Crippen molar-refractivity contribution in [2.45, 2.75) is 18.8 Å².